The molecule has 7 aromatic rings. The number of ether oxygens (including phenoxy) is 6. The molecule has 20 radical (unpaired) electrons. The van der Waals surface area contributed by atoms with E-state index >= 15 is 0 Å². The largest absolute Gasteiger partial charge is 0.495 e. The minimum Gasteiger partial charge on any atom is -0.495 e. The van der Waals surface area contributed by atoms with Crippen molar-refractivity contribution in [3.8, 4) is 67.5 Å². The second-order valence-electron chi connectivity index (χ2n) is 25.8. The highest BCUT2D eigenvalue weighted by Crippen LogP contribution is 2.56. The fraction of sp³-hybridized carbons (Fsp3) is 0.290. The summed E-state index contributed by atoms with van der Waals surface area (Å²) in [5.41, 5.74) is 10.9. The zero-order chi connectivity index (χ0) is 68.5. The Morgan fingerprint density at radius 2 is 0.700 bits per heavy atom. The zero-order valence-corrected chi connectivity index (χ0v) is 54.1. The van der Waals surface area contributed by atoms with Crippen molar-refractivity contribution in [3.63, 3.8) is 0 Å². The molecule has 4 unspecified atom stereocenters. The van der Waals surface area contributed by atoms with E-state index in [0.717, 1.165) is 22.3 Å². The Morgan fingerprint density at radius 3 is 1.05 bits per heavy atom. The highest BCUT2D eigenvalue weighted by molar-refractivity contribution is 7.69. The number of aliphatic hydroxyl groups excluding tert-OH is 8. The molecule has 466 valence electrons. The van der Waals surface area contributed by atoms with Gasteiger partial charge < -0.3 is 79.2 Å². The van der Waals surface area contributed by atoms with Crippen molar-refractivity contribution < 1.29 is 69.3 Å². The molecular formula is C62H54B20N4O14. The Kier molecular flexibility index (Phi) is 21.1. The van der Waals surface area contributed by atoms with E-state index in [1.165, 1.54) is 0 Å². The number of nitrogens with one attached hydrogen (secondary N) is 2. The van der Waals surface area contributed by atoms with Gasteiger partial charge in [-0.3, -0.25) is 0 Å². The van der Waals surface area contributed by atoms with Gasteiger partial charge in [-0.15, -0.1) is 11.4 Å². The minimum atomic E-state index is -1.66. The van der Waals surface area contributed by atoms with Crippen LogP contribution < -0.4 is 18.9 Å². The smallest absolute Gasteiger partial charge is 0.229 e. The number of rotatable bonds is 16. The molecule has 100 heavy (non-hydrogen) atoms. The molecule has 18 nitrogen and oxygen atoms in total. The Balaban J connectivity index is 0.902. The summed E-state index contributed by atoms with van der Waals surface area (Å²) in [6.07, 6.45) is -7.27. The lowest BCUT2D eigenvalue weighted by molar-refractivity contribution is -0.277. The number of aromatic amines is 2. The van der Waals surface area contributed by atoms with Gasteiger partial charge in [-0.05, 0) is 119 Å². The molecule has 10 N–H and O–H groups in total. The molecular weight excluding hydrogens is 1240 g/mol. The summed E-state index contributed by atoms with van der Waals surface area (Å²) in [6.45, 7) is -0.489. The van der Waals surface area contributed by atoms with Crippen molar-refractivity contribution in [2.24, 2.45) is 0 Å². The first-order chi connectivity index (χ1) is 48.8. The summed E-state index contributed by atoms with van der Waals surface area (Å²) in [4.78, 5) is 18.7. The average molecular weight is 1300 g/mol. The maximum atomic E-state index is 11.1. The lowest BCUT2D eigenvalue weighted by Crippen LogP contribution is -2.60. The number of aliphatic hydroxyl groups is 8. The molecule has 11 heterocycles. The van der Waals surface area contributed by atoms with Gasteiger partial charge in [-0.2, -0.15) is 0 Å². The van der Waals surface area contributed by atoms with Gasteiger partial charge in [0.15, 0.2) is 0 Å². The van der Waals surface area contributed by atoms with Crippen LogP contribution in [0.3, 0.4) is 0 Å². The first-order valence-corrected chi connectivity index (χ1v) is 33.4. The van der Waals surface area contributed by atoms with E-state index in [1.54, 1.807) is 36.4 Å². The van der Waals surface area contributed by atoms with Gasteiger partial charge >= 0.3 is 0 Å². The van der Waals surface area contributed by atoms with Crippen LogP contribution in [-0.2, 0) is 9.47 Å². The summed E-state index contributed by atoms with van der Waals surface area (Å²) >= 11 is 0. The van der Waals surface area contributed by atoms with Crippen LogP contribution in [0.2, 0.25) is 21.9 Å². The predicted molar refractivity (Wildman–Crippen MR) is 408 cm³/mol. The van der Waals surface area contributed by atoms with Gasteiger partial charge in [0.1, 0.15) is 86.4 Å². The number of aromatic nitrogens is 4. The maximum Gasteiger partial charge on any atom is 0.229 e. The van der Waals surface area contributed by atoms with Crippen LogP contribution in [-0.4, -0.2) is 291 Å². The van der Waals surface area contributed by atoms with Crippen LogP contribution in [0.4, 0.5) is 0 Å². The maximum absolute atomic E-state index is 11.1. The SMILES string of the molecule is OC[C@H]1O[C@@H](Oc2cccc(-c3c4nc(c(-c5cccc(OCC67[B][B][B][B][B][B][B][B][B]C6[B]7)c5)c5ccc([nH]5)c(-c5cccc(O[C@@H]6O[C@H](CO)[C@H](O)[C@H](O)[C@H]6O)c5)c5nc(c(-c6cccc(OCC78[B][B][B][B][B][B][B][B][B]C7[B]8)c6)c6ccc3[nH]6)C=C5)C=C4)c2)[C@H](O)[C@@H](O)[C@H]1O. The third-order valence-corrected chi connectivity index (χ3v) is 19.2. The molecule has 8 aliphatic rings. The topological polar surface area (TPSA) is 275 Å². The van der Waals surface area contributed by atoms with Crippen LogP contribution in [0.25, 0.3) is 90.9 Å². The summed E-state index contributed by atoms with van der Waals surface area (Å²) in [7, 11) is 41.5. The third kappa shape index (κ3) is 14.8. The van der Waals surface area contributed by atoms with Gasteiger partial charge in [0, 0.05) is 158 Å². The Bertz CT molecular complexity index is 4090. The third-order valence-electron chi connectivity index (χ3n) is 19.2. The number of hydrogen-bond acceptors (Lipinski definition) is 16. The van der Waals surface area contributed by atoms with Crippen molar-refractivity contribution in [3.05, 3.63) is 144 Å². The van der Waals surface area contributed by atoms with Crippen molar-refractivity contribution >= 4 is 188 Å². The second kappa shape index (κ2) is 30.5. The zero-order valence-electron chi connectivity index (χ0n) is 54.1. The molecule has 3 aromatic heterocycles. The first-order valence-electron chi connectivity index (χ1n) is 33.4. The van der Waals surface area contributed by atoms with Crippen molar-refractivity contribution in [1.29, 1.82) is 0 Å². The van der Waals surface area contributed by atoms with Crippen LogP contribution in [0.1, 0.15) is 22.8 Å². The summed E-state index contributed by atoms with van der Waals surface area (Å²) in [5, 5.41) is 84.7. The lowest BCUT2D eigenvalue weighted by atomic mass is 8.89. The van der Waals surface area contributed by atoms with Crippen LogP contribution >= 0.6 is 0 Å². The van der Waals surface area contributed by atoms with E-state index in [1.807, 2.05) is 180 Å². The molecule has 0 amide bonds. The normalized spacial score (nSPS) is 27.7. The van der Waals surface area contributed by atoms with Gasteiger partial charge in [0.25, 0.3) is 0 Å². The predicted octanol–water partition coefficient (Wildman–Crippen LogP) is -1.06. The standard InChI is InChI=1S/C62H54B20N4O14/c87-25-45-51(89)53(91)55(93)57(99-45)97-35-11-3-7-31(23-35)49-41-17-13-37(83-41)47(29-5-1-9-33(21-29)95-27-61-59(63-61)65-69-73-77-81-79-75-71-67-61)38-14-18-42(84-38)50(32-8-4-12-36(24-32)98-58-56(94)54(92)52(90)46(26-88)100-58)44-20-16-40(86-44)48(39-15-19-43(49)85-39)30-6-2-10-34(22-30)96-28-62-60(64-62)66-70-74-78-82-80-76-72-68-62/h1-24,45-46,51-60,83,86-94H,25-28H2/t45-,46-,51+,52+,53+,54+,55-,56-,57-,58-,59?,60?,61?,62?/m1/s1. The van der Waals surface area contributed by atoms with E-state index < -0.39 is 74.6 Å². The Hall–Kier alpha value is -6.42. The van der Waals surface area contributed by atoms with Crippen molar-refractivity contribution in [2.45, 2.75) is 83.3 Å². The lowest BCUT2D eigenvalue weighted by Gasteiger charge is -2.39. The van der Waals surface area contributed by atoms with Crippen molar-refractivity contribution in [2.75, 3.05) is 26.4 Å². The number of benzene rings is 4. The van der Waals surface area contributed by atoms with Gasteiger partial charge in [-0.25, -0.2) is 9.97 Å². The quantitative estimate of drug-likeness (QED) is 0.0517. The summed E-state index contributed by atoms with van der Waals surface area (Å²) in [5.74, 6) is 1.78. The molecule has 8 bridgehead atoms. The summed E-state index contributed by atoms with van der Waals surface area (Å²) < 4.78 is 37.8. The fourth-order valence-corrected chi connectivity index (χ4v) is 13.6. The van der Waals surface area contributed by atoms with E-state index in [4.69, 9.17) is 38.4 Å². The number of hydrogen-bond donors (Lipinski definition) is 10. The number of nitrogens with zero attached hydrogens (tertiary/aromatic N) is 2. The fourth-order valence-electron chi connectivity index (χ4n) is 13.6. The van der Waals surface area contributed by atoms with Gasteiger partial charge in [0.2, 0.25) is 12.6 Å². The van der Waals surface area contributed by atoms with Crippen LogP contribution in [0.15, 0.2) is 121 Å². The minimum absolute atomic E-state index is 0.172. The van der Waals surface area contributed by atoms with Crippen LogP contribution in [0, 0.1) is 0 Å². The van der Waals surface area contributed by atoms with E-state index in [0.29, 0.717) is 91.8 Å². The highest BCUT2D eigenvalue weighted by atomic mass is 16.7. The molecule has 0 saturated carbocycles. The molecule has 0 aliphatic carbocycles. The molecule has 6 fully saturated rings. The average Bonchev–Trinajstić information content (AvgIpc) is 1.60. The summed E-state index contributed by atoms with van der Waals surface area (Å²) in [6, 6.07) is 38.2. The van der Waals surface area contributed by atoms with Gasteiger partial charge in [-0.1, -0.05) is 59.0 Å². The Morgan fingerprint density at radius 1 is 0.380 bits per heavy atom. The van der Waals surface area contributed by atoms with Gasteiger partial charge in [0.05, 0.1) is 63.5 Å². The Labute approximate surface area is 595 Å². The molecule has 14 atom stereocenters. The molecule has 8 aliphatic heterocycles. The molecule has 6 saturated heterocycles. The number of H-pyrrole nitrogens is 2. The van der Waals surface area contributed by atoms with E-state index in [9.17, 15) is 40.9 Å². The highest BCUT2D eigenvalue weighted by Gasteiger charge is 2.54. The first kappa shape index (κ1) is 69.3. The molecule has 4 aromatic carbocycles. The van der Waals surface area contributed by atoms with E-state index in [-0.39, 0.29) is 33.4 Å². The monoisotopic (exact) mass is 1300 g/mol. The number of fused-ring (bicyclic) bond motifs is 10. The molecule has 38 heteroatoms. The van der Waals surface area contributed by atoms with Crippen LogP contribution in [0.5, 0.6) is 23.0 Å². The van der Waals surface area contributed by atoms with E-state index in [2.05, 4.69) is 81.5 Å². The van der Waals surface area contributed by atoms with Crippen molar-refractivity contribution in [1.82, 2.24) is 19.9 Å². The second-order valence-corrected chi connectivity index (χ2v) is 25.8. The molecule has 0 spiro atoms. The molecule has 15 rings (SSSR count).